The van der Waals surface area contributed by atoms with Gasteiger partial charge in [0.05, 0.1) is 12.6 Å². The first-order valence-electron chi connectivity index (χ1n) is 12.6. The van der Waals surface area contributed by atoms with Crippen LogP contribution in [0.2, 0.25) is 0 Å². The van der Waals surface area contributed by atoms with Crippen molar-refractivity contribution in [2.24, 2.45) is 5.92 Å². The molecule has 0 bridgehead atoms. The van der Waals surface area contributed by atoms with Gasteiger partial charge in [0, 0.05) is 35.5 Å². The summed E-state index contributed by atoms with van der Waals surface area (Å²) in [6, 6.07) is 11.5. The number of anilines is 1. The SMILES string of the molecule is COc1ccc(C(=O)N2c3nc(-c4cccnc4)nn3C3(CCCCC3)[C@@H]3CCCC[C@@H]32)cc1. The van der Waals surface area contributed by atoms with Gasteiger partial charge in [0.2, 0.25) is 5.95 Å². The molecule has 3 heterocycles. The molecule has 34 heavy (non-hydrogen) atoms. The van der Waals surface area contributed by atoms with E-state index in [1.165, 1.54) is 25.7 Å². The van der Waals surface area contributed by atoms with Crippen LogP contribution < -0.4 is 9.64 Å². The van der Waals surface area contributed by atoms with E-state index < -0.39 is 0 Å². The highest BCUT2D eigenvalue weighted by molar-refractivity contribution is 6.06. The number of carbonyl (C=O) groups excluding carboxylic acids is 1. The molecule has 2 aromatic heterocycles. The number of carbonyl (C=O) groups is 1. The minimum atomic E-state index is -0.0528. The molecule has 3 aromatic rings. The van der Waals surface area contributed by atoms with E-state index in [-0.39, 0.29) is 17.5 Å². The van der Waals surface area contributed by atoms with Crippen molar-refractivity contribution in [2.45, 2.75) is 69.4 Å². The van der Waals surface area contributed by atoms with E-state index in [4.69, 9.17) is 14.8 Å². The molecule has 2 saturated carbocycles. The van der Waals surface area contributed by atoms with E-state index in [9.17, 15) is 4.79 Å². The number of ether oxygens (including phenoxy) is 1. The van der Waals surface area contributed by atoms with Crippen LogP contribution >= 0.6 is 0 Å². The number of benzene rings is 1. The first-order valence-corrected chi connectivity index (χ1v) is 12.6. The van der Waals surface area contributed by atoms with Crippen LogP contribution in [-0.4, -0.2) is 38.8 Å². The average molecular weight is 458 g/mol. The lowest BCUT2D eigenvalue weighted by Gasteiger charge is -2.55. The standard InChI is InChI=1S/C27H31N5O2/c1-34-21-13-11-19(12-14-21)25(33)31-23-10-4-3-9-22(23)27(15-5-2-6-16-27)32-26(31)29-24(30-32)20-8-7-17-28-18-20/h7-8,11-14,17-18,22-23H,2-6,9-10,15-16H2,1H3/t22-,23+/m1/s1. The molecule has 6 rings (SSSR count). The Morgan fingerprint density at radius 2 is 1.82 bits per heavy atom. The Bertz CT molecular complexity index is 1170. The van der Waals surface area contributed by atoms with Gasteiger partial charge in [0.15, 0.2) is 5.82 Å². The Labute approximate surface area is 200 Å². The highest BCUT2D eigenvalue weighted by Gasteiger charge is 2.55. The number of nitrogens with zero attached hydrogens (tertiary/aromatic N) is 5. The molecule has 2 fully saturated rings. The normalized spacial score (nSPS) is 23.3. The number of amides is 1. The summed E-state index contributed by atoms with van der Waals surface area (Å²) < 4.78 is 7.46. The summed E-state index contributed by atoms with van der Waals surface area (Å²) in [6.07, 6.45) is 14.0. The van der Waals surface area contributed by atoms with Crippen molar-refractivity contribution in [3.8, 4) is 17.1 Å². The fourth-order valence-electron chi connectivity index (χ4n) is 6.59. The topological polar surface area (TPSA) is 73.1 Å². The third-order valence-corrected chi connectivity index (χ3v) is 8.17. The zero-order valence-corrected chi connectivity index (χ0v) is 19.7. The van der Waals surface area contributed by atoms with Crippen molar-refractivity contribution < 1.29 is 9.53 Å². The zero-order chi connectivity index (χ0) is 23.1. The van der Waals surface area contributed by atoms with Crippen molar-refractivity contribution in [3.63, 3.8) is 0 Å². The van der Waals surface area contributed by atoms with Crippen LogP contribution in [0, 0.1) is 5.92 Å². The largest absolute Gasteiger partial charge is 0.497 e. The second kappa shape index (κ2) is 8.53. The lowest BCUT2D eigenvalue weighted by atomic mass is 9.64. The fraction of sp³-hybridized carbons (Fsp3) is 0.481. The van der Waals surface area contributed by atoms with Gasteiger partial charge < -0.3 is 4.74 Å². The lowest BCUT2D eigenvalue weighted by Crippen LogP contribution is -2.61. The van der Waals surface area contributed by atoms with Gasteiger partial charge in [-0.2, -0.15) is 4.98 Å². The summed E-state index contributed by atoms with van der Waals surface area (Å²) in [5.74, 6) is 2.49. The fourth-order valence-corrected chi connectivity index (χ4v) is 6.59. The molecular formula is C27H31N5O2. The first-order chi connectivity index (χ1) is 16.7. The molecule has 0 unspecified atom stereocenters. The summed E-state index contributed by atoms with van der Waals surface area (Å²) in [5.41, 5.74) is 1.49. The number of pyridine rings is 1. The van der Waals surface area contributed by atoms with E-state index in [2.05, 4.69) is 9.67 Å². The molecule has 1 aromatic carbocycles. The molecule has 1 spiro atoms. The Hall–Kier alpha value is -3.22. The number of fused-ring (bicyclic) bond motifs is 4. The van der Waals surface area contributed by atoms with Gasteiger partial charge in [-0.15, -0.1) is 5.10 Å². The van der Waals surface area contributed by atoms with Gasteiger partial charge >= 0.3 is 0 Å². The lowest BCUT2D eigenvalue weighted by molar-refractivity contribution is 0.0314. The smallest absolute Gasteiger partial charge is 0.260 e. The Morgan fingerprint density at radius 3 is 2.56 bits per heavy atom. The number of methoxy groups -OCH3 is 1. The van der Waals surface area contributed by atoms with Crippen LogP contribution in [-0.2, 0) is 5.54 Å². The van der Waals surface area contributed by atoms with Gasteiger partial charge in [0.1, 0.15) is 5.75 Å². The van der Waals surface area contributed by atoms with E-state index in [1.54, 1.807) is 19.5 Å². The Balaban J connectivity index is 1.51. The predicted octanol–water partition coefficient (Wildman–Crippen LogP) is 5.23. The van der Waals surface area contributed by atoms with E-state index in [0.29, 0.717) is 23.3 Å². The molecule has 0 N–H and O–H groups in total. The molecule has 2 atom stereocenters. The monoisotopic (exact) mass is 457 g/mol. The number of hydrogen-bond donors (Lipinski definition) is 0. The third-order valence-electron chi connectivity index (χ3n) is 8.17. The quantitative estimate of drug-likeness (QED) is 0.539. The molecule has 2 aliphatic carbocycles. The summed E-state index contributed by atoms with van der Waals surface area (Å²) in [4.78, 5) is 25.3. The van der Waals surface area contributed by atoms with E-state index in [1.807, 2.05) is 41.3 Å². The minimum Gasteiger partial charge on any atom is -0.497 e. The molecule has 7 nitrogen and oxygen atoms in total. The summed E-state index contributed by atoms with van der Waals surface area (Å²) in [5, 5.41) is 5.09. The van der Waals surface area contributed by atoms with Crippen molar-refractivity contribution >= 4 is 11.9 Å². The van der Waals surface area contributed by atoms with Crippen LogP contribution in [0.3, 0.4) is 0 Å². The maximum atomic E-state index is 14.0. The van der Waals surface area contributed by atoms with Gasteiger partial charge in [-0.3, -0.25) is 14.7 Å². The van der Waals surface area contributed by atoms with Crippen LogP contribution in [0.15, 0.2) is 48.8 Å². The van der Waals surface area contributed by atoms with E-state index >= 15 is 0 Å². The Kier molecular flexibility index (Phi) is 5.35. The predicted molar refractivity (Wildman–Crippen MR) is 130 cm³/mol. The van der Waals surface area contributed by atoms with Crippen LogP contribution in [0.4, 0.5) is 5.95 Å². The van der Waals surface area contributed by atoms with Gasteiger partial charge in [-0.1, -0.05) is 32.1 Å². The molecule has 0 saturated heterocycles. The molecule has 3 aliphatic rings. The summed E-state index contributed by atoms with van der Waals surface area (Å²) >= 11 is 0. The van der Waals surface area contributed by atoms with Crippen molar-refractivity contribution in [2.75, 3.05) is 12.0 Å². The summed E-state index contributed by atoms with van der Waals surface area (Å²) in [7, 11) is 1.64. The second-order valence-corrected chi connectivity index (χ2v) is 9.92. The minimum absolute atomic E-state index is 0.00315. The molecule has 1 aliphatic heterocycles. The van der Waals surface area contributed by atoms with E-state index in [0.717, 1.165) is 43.4 Å². The average Bonchev–Trinajstić information content (AvgIpc) is 3.36. The van der Waals surface area contributed by atoms with Crippen LogP contribution in [0.25, 0.3) is 11.4 Å². The number of rotatable bonds is 3. The molecule has 176 valence electrons. The van der Waals surface area contributed by atoms with Crippen molar-refractivity contribution in [1.82, 2.24) is 19.7 Å². The third kappa shape index (κ3) is 3.32. The molecule has 7 heteroatoms. The highest BCUT2D eigenvalue weighted by Crippen LogP contribution is 2.53. The zero-order valence-electron chi connectivity index (χ0n) is 19.7. The maximum absolute atomic E-state index is 14.0. The van der Waals surface area contributed by atoms with Crippen LogP contribution in [0.5, 0.6) is 5.75 Å². The number of hydrogen-bond acceptors (Lipinski definition) is 5. The van der Waals surface area contributed by atoms with Gasteiger partial charge in [-0.25, -0.2) is 4.68 Å². The molecule has 1 amide bonds. The van der Waals surface area contributed by atoms with Gasteiger partial charge in [0.25, 0.3) is 5.91 Å². The van der Waals surface area contributed by atoms with Crippen molar-refractivity contribution in [3.05, 3.63) is 54.4 Å². The number of aromatic nitrogens is 4. The van der Waals surface area contributed by atoms with Crippen molar-refractivity contribution in [1.29, 1.82) is 0 Å². The second-order valence-electron chi connectivity index (χ2n) is 9.92. The first kappa shape index (κ1) is 21.3. The van der Waals surface area contributed by atoms with Gasteiger partial charge in [-0.05, 0) is 62.1 Å². The summed E-state index contributed by atoms with van der Waals surface area (Å²) in [6.45, 7) is 0. The highest BCUT2D eigenvalue weighted by atomic mass is 16.5. The van der Waals surface area contributed by atoms with Crippen LogP contribution in [0.1, 0.15) is 68.1 Å². The molecule has 0 radical (unpaired) electrons. The Morgan fingerprint density at radius 1 is 1.03 bits per heavy atom. The maximum Gasteiger partial charge on any atom is 0.260 e. The molecular weight excluding hydrogens is 426 g/mol.